The van der Waals surface area contributed by atoms with Crippen LogP contribution < -0.4 is 5.32 Å². The summed E-state index contributed by atoms with van der Waals surface area (Å²) in [5.74, 6) is -0.484. The Morgan fingerprint density at radius 3 is 2.34 bits per heavy atom. The molecule has 1 N–H and O–H groups in total. The van der Waals surface area contributed by atoms with E-state index < -0.39 is 0 Å². The quantitative estimate of drug-likeness (QED) is 0.694. The van der Waals surface area contributed by atoms with Gasteiger partial charge in [-0.3, -0.25) is 14.5 Å². The lowest BCUT2D eigenvalue weighted by atomic mass is 10.0. The summed E-state index contributed by atoms with van der Waals surface area (Å²) in [4.78, 5) is 26.8. The average Bonchev–Trinajstić information content (AvgIpc) is 2.74. The third kappa shape index (κ3) is 6.21. The van der Waals surface area contributed by atoms with Gasteiger partial charge in [0, 0.05) is 38.0 Å². The normalized spacial score (nSPS) is 15.7. The Bertz CT molecular complexity index is 815. The van der Waals surface area contributed by atoms with E-state index in [1.54, 1.807) is 24.3 Å². The van der Waals surface area contributed by atoms with Crippen LogP contribution in [0.1, 0.15) is 40.4 Å². The first kappa shape index (κ1) is 21.1. The molecule has 29 heavy (non-hydrogen) atoms. The van der Waals surface area contributed by atoms with Crippen LogP contribution in [-0.2, 0) is 9.53 Å². The fraction of sp³-hybridized carbons (Fsp3) is 0.391. The van der Waals surface area contributed by atoms with Gasteiger partial charge in [0.05, 0.1) is 19.3 Å². The number of Topliss-reactive ketones (excluding diaryl/α,β-unsaturated/α-hetero) is 1. The van der Waals surface area contributed by atoms with Crippen LogP contribution in [0.2, 0.25) is 0 Å². The van der Waals surface area contributed by atoms with Crippen LogP contribution in [0.5, 0.6) is 0 Å². The summed E-state index contributed by atoms with van der Waals surface area (Å²) >= 11 is 0. The Kier molecular flexibility index (Phi) is 7.49. The predicted molar refractivity (Wildman–Crippen MR) is 109 cm³/mol. The molecule has 0 spiro atoms. The number of carbonyl (C=O) groups is 2. The number of amides is 1. The minimum Gasteiger partial charge on any atom is -0.379 e. The SMILES string of the molecule is Cc1ccc(C(=O)CCC(=O)NCC(c2ccc(F)cc2)N2CCOCC2)cc1. The molecule has 1 heterocycles. The molecule has 0 aliphatic carbocycles. The molecule has 0 aromatic heterocycles. The Morgan fingerprint density at radius 2 is 1.69 bits per heavy atom. The number of nitrogens with one attached hydrogen (secondary N) is 1. The smallest absolute Gasteiger partial charge is 0.220 e. The average molecular weight is 398 g/mol. The molecule has 0 radical (unpaired) electrons. The monoisotopic (exact) mass is 398 g/mol. The molecule has 0 saturated carbocycles. The highest BCUT2D eigenvalue weighted by Gasteiger charge is 2.23. The van der Waals surface area contributed by atoms with Crippen molar-refractivity contribution in [3.8, 4) is 0 Å². The van der Waals surface area contributed by atoms with Gasteiger partial charge < -0.3 is 10.1 Å². The van der Waals surface area contributed by atoms with Crippen molar-refractivity contribution >= 4 is 11.7 Å². The lowest BCUT2D eigenvalue weighted by Gasteiger charge is -2.35. The zero-order chi connectivity index (χ0) is 20.6. The van der Waals surface area contributed by atoms with E-state index in [0.717, 1.165) is 24.2 Å². The zero-order valence-electron chi connectivity index (χ0n) is 16.7. The van der Waals surface area contributed by atoms with Crippen LogP contribution in [0, 0.1) is 12.7 Å². The van der Waals surface area contributed by atoms with Crippen LogP contribution in [-0.4, -0.2) is 49.4 Å². The van der Waals surface area contributed by atoms with Gasteiger partial charge in [-0.25, -0.2) is 4.39 Å². The molecule has 5 nitrogen and oxygen atoms in total. The first-order valence-electron chi connectivity index (χ1n) is 9.97. The molecular weight excluding hydrogens is 371 g/mol. The van der Waals surface area contributed by atoms with Crippen LogP contribution >= 0.6 is 0 Å². The molecule has 154 valence electrons. The molecule has 1 saturated heterocycles. The zero-order valence-corrected chi connectivity index (χ0v) is 16.7. The van der Waals surface area contributed by atoms with Gasteiger partial charge in [-0.1, -0.05) is 42.0 Å². The summed E-state index contributed by atoms with van der Waals surface area (Å²) in [6.07, 6.45) is 0.319. The largest absolute Gasteiger partial charge is 0.379 e. The Labute approximate surface area is 170 Å². The van der Waals surface area contributed by atoms with Crippen LogP contribution in [0.25, 0.3) is 0 Å². The number of hydrogen-bond donors (Lipinski definition) is 1. The van der Waals surface area contributed by atoms with E-state index in [-0.39, 0.29) is 36.4 Å². The van der Waals surface area contributed by atoms with Crippen LogP contribution in [0.3, 0.4) is 0 Å². The standard InChI is InChI=1S/C23H27FN2O3/c1-17-2-4-19(5-3-17)22(27)10-11-23(28)25-16-21(26-12-14-29-15-13-26)18-6-8-20(24)9-7-18/h2-9,21H,10-16H2,1H3,(H,25,28). The van der Waals surface area contributed by atoms with Gasteiger partial charge in [-0.15, -0.1) is 0 Å². The predicted octanol–water partition coefficient (Wildman–Crippen LogP) is 3.29. The van der Waals surface area contributed by atoms with Gasteiger partial charge in [0.25, 0.3) is 0 Å². The van der Waals surface area contributed by atoms with E-state index in [2.05, 4.69) is 10.2 Å². The molecular formula is C23H27FN2O3. The summed E-state index contributed by atoms with van der Waals surface area (Å²) in [6.45, 7) is 5.15. The van der Waals surface area contributed by atoms with Crippen molar-refractivity contribution in [1.29, 1.82) is 0 Å². The first-order valence-corrected chi connectivity index (χ1v) is 9.97. The third-order valence-electron chi connectivity index (χ3n) is 5.19. The molecule has 6 heteroatoms. The maximum atomic E-state index is 13.3. The molecule has 1 atom stereocenters. The van der Waals surface area contributed by atoms with Crippen molar-refractivity contribution in [1.82, 2.24) is 10.2 Å². The maximum Gasteiger partial charge on any atom is 0.220 e. The lowest BCUT2D eigenvalue weighted by molar-refractivity contribution is -0.121. The number of morpholine rings is 1. The second-order valence-corrected chi connectivity index (χ2v) is 7.31. The number of aryl methyl sites for hydroxylation is 1. The molecule has 0 bridgehead atoms. The van der Waals surface area contributed by atoms with Crippen molar-refractivity contribution < 1.29 is 18.7 Å². The van der Waals surface area contributed by atoms with Gasteiger partial charge in [-0.05, 0) is 24.6 Å². The van der Waals surface area contributed by atoms with E-state index in [1.807, 2.05) is 19.1 Å². The summed E-state index contributed by atoms with van der Waals surface area (Å²) in [7, 11) is 0. The molecule has 3 rings (SSSR count). The minimum atomic E-state index is -0.284. The van der Waals surface area contributed by atoms with Gasteiger partial charge >= 0.3 is 0 Å². The highest BCUT2D eigenvalue weighted by molar-refractivity contribution is 5.97. The highest BCUT2D eigenvalue weighted by atomic mass is 19.1. The van der Waals surface area contributed by atoms with Crippen molar-refractivity contribution in [2.24, 2.45) is 0 Å². The summed E-state index contributed by atoms with van der Waals surface area (Å²) in [5.41, 5.74) is 2.67. The number of carbonyl (C=O) groups excluding carboxylic acids is 2. The van der Waals surface area contributed by atoms with Crippen molar-refractivity contribution in [3.63, 3.8) is 0 Å². The molecule has 1 fully saturated rings. The van der Waals surface area contributed by atoms with Gasteiger partial charge in [-0.2, -0.15) is 0 Å². The minimum absolute atomic E-state index is 0.0385. The van der Waals surface area contributed by atoms with E-state index >= 15 is 0 Å². The van der Waals surface area contributed by atoms with E-state index in [0.29, 0.717) is 25.3 Å². The number of hydrogen-bond acceptors (Lipinski definition) is 4. The maximum absolute atomic E-state index is 13.3. The topological polar surface area (TPSA) is 58.6 Å². The number of halogens is 1. The number of ketones is 1. The number of benzene rings is 2. The second kappa shape index (κ2) is 10.3. The fourth-order valence-electron chi connectivity index (χ4n) is 3.44. The van der Waals surface area contributed by atoms with Crippen molar-refractivity contribution in [3.05, 3.63) is 71.0 Å². The molecule has 2 aromatic carbocycles. The van der Waals surface area contributed by atoms with Crippen molar-refractivity contribution in [2.75, 3.05) is 32.8 Å². The summed E-state index contributed by atoms with van der Waals surface area (Å²) < 4.78 is 18.7. The molecule has 1 amide bonds. The second-order valence-electron chi connectivity index (χ2n) is 7.31. The number of nitrogens with zero attached hydrogens (tertiary/aromatic N) is 1. The summed E-state index contributed by atoms with van der Waals surface area (Å²) in [5, 5.41) is 2.94. The fourth-order valence-corrected chi connectivity index (χ4v) is 3.44. The van der Waals surface area contributed by atoms with Gasteiger partial charge in [0.15, 0.2) is 5.78 Å². The highest BCUT2D eigenvalue weighted by Crippen LogP contribution is 2.21. The van der Waals surface area contributed by atoms with E-state index in [1.165, 1.54) is 12.1 Å². The van der Waals surface area contributed by atoms with Gasteiger partial charge in [0.1, 0.15) is 5.82 Å². The summed E-state index contributed by atoms with van der Waals surface area (Å²) in [6, 6.07) is 13.7. The Balaban J connectivity index is 1.55. The van der Waals surface area contributed by atoms with Crippen LogP contribution in [0.15, 0.2) is 48.5 Å². The van der Waals surface area contributed by atoms with E-state index in [4.69, 9.17) is 4.74 Å². The first-order chi connectivity index (χ1) is 14.0. The third-order valence-corrected chi connectivity index (χ3v) is 5.19. The van der Waals surface area contributed by atoms with E-state index in [9.17, 15) is 14.0 Å². The Hall–Kier alpha value is -2.57. The lowest BCUT2D eigenvalue weighted by Crippen LogP contribution is -2.43. The van der Waals surface area contributed by atoms with Crippen LogP contribution in [0.4, 0.5) is 4.39 Å². The molecule has 2 aromatic rings. The number of ether oxygens (including phenoxy) is 1. The molecule has 1 aliphatic rings. The Morgan fingerprint density at radius 1 is 1.03 bits per heavy atom. The molecule has 1 aliphatic heterocycles. The van der Waals surface area contributed by atoms with Crippen molar-refractivity contribution in [2.45, 2.75) is 25.8 Å². The molecule has 1 unspecified atom stereocenters. The van der Waals surface area contributed by atoms with Gasteiger partial charge in [0.2, 0.25) is 5.91 Å². The number of rotatable bonds is 8.